The standard InChI is InChI=1S/C16H29F3O3S/c1-3-5-6-7-8-11-15(4-2)12-13(16(17,18)19)9-10-14(15)23(20,21)22/h13-14H,3-12H2,1-2H3,(H,20,21,22). The van der Waals surface area contributed by atoms with Crippen molar-refractivity contribution in [2.24, 2.45) is 11.3 Å². The molecule has 3 atom stereocenters. The van der Waals surface area contributed by atoms with Crippen LogP contribution in [0.15, 0.2) is 0 Å². The minimum absolute atomic E-state index is 0.105. The second-order valence-corrected chi connectivity index (χ2v) is 8.50. The molecule has 0 aromatic carbocycles. The minimum atomic E-state index is -4.33. The lowest BCUT2D eigenvalue weighted by Crippen LogP contribution is -2.48. The van der Waals surface area contributed by atoms with Crippen LogP contribution in [-0.4, -0.2) is 24.4 Å². The third-order valence-electron chi connectivity index (χ3n) is 5.42. The minimum Gasteiger partial charge on any atom is -0.285 e. The molecule has 0 aromatic rings. The molecule has 0 amide bonds. The Morgan fingerprint density at radius 1 is 1.09 bits per heavy atom. The third-order valence-corrected chi connectivity index (χ3v) is 6.87. The van der Waals surface area contributed by atoms with Gasteiger partial charge >= 0.3 is 6.18 Å². The number of rotatable bonds is 8. The van der Waals surface area contributed by atoms with Crippen molar-refractivity contribution in [3.05, 3.63) is 0 Å². The average molecular weight is 358 g/mol. The second-order valence-electron chi connectivity index (χ2n) is 6.90. The van der Waals surface area contributed by atoms with Crippen LogP contribution < -0.4 is 0 Å². The Morgan fingerprint density at radius 3 is 2.17 bits per heavy atom. The molecule has 0 bridgehead atoms. The summed E-state index contributed by atoms with van der Waals surface area (Å²) < 4.78 is 72.3. The van der Waals surface area contributed by atoms with Crippen molar-refractivity contribution >= 4 is 10.1 Å². The first-order valence-corrected chi connectivity index (χ1v) is 10.1. The average Bonchev–Trinajstić information content (AvgIpc) is 2.44. The van der Waals surface area contributed by atoms with Gasteiger partial charge in [-0.05, 0) is 37.5 Å². The van der Waals surface area contributed by atoms with Crippen molar-refractivity contribution in [1.82, 2.24) is 0 Å². The normalized spacial score (nSPS) is 29.7. The van der Waals surface area contributed by atoms with Crippen LogP contribution in [0.5, 0.6) is 0 Å². The van der Waals surface area contributed by atoms with Gasteiger partial charge in [0.15, 0.2) is 0 Å². The van der Waals surface area contributed by atoms with E-state index in [1.165, 1.54) is 0 Å². The first-order valence-electron chi connectivity index (χ1n) is 8.60. The van der Waals surface area contributed by atoms with Crippen molar-refractivity contribution in [3.8, 4) is 0 Å². The monoisotopic (exact) mass is 358 g/mol. The Labute approximate surface area is 137 Å². The molecular formula is C16H29F3O3S. The van der Waals surface area contributed by atoms with Gasteiger partial charge < -0.3 is 0 Å². The lowest BCUT2D eigenvalue weighted by Gasteiger charge is -2.45. The molecule has 0 radical (unpaired) electrons. The van der Waals surface area contributed by atoms with E-state index >= 15 is 0 Å². The zero-order valence-electron chi connectivity index (χ0n) is 14.0. The van der Waals surface area contributed by atoms with Crippen LogP contribution >= 0.6 is 0 Å². The molecule has 1 rings (SSSR count). The largest absolute Gasteiger partial charge is 0.391 e. The van der Waals surface area contributed by atoms with Gasteiger partial charge in [-0.1, -0.05) is 46.0 Å². The predicted octanol–water partition coefficient (Wildman–Crippen LogP) is 5.36. The second kappa shape index (κ2) is 8.19. The van der Waals surface area contributed by atoms with Crippen LogP contribution in [0.3, 0.4) is 0 Å². The highest BCUT2D eigenvalue weighted by Crippen LogP contribution is 2.52. The first kappa shape index (κ1) is 20.7. The highest BCUT2D eigenvalue weighted by molar-refractivity contribution is 7.86. The fourth-order valence-corrected chi connectivity index (χ4v) is 5.47. The molecule has 0 spiro atoms. The van der Waals surface area contributed by atoms with E-state index in [9.17, 15) is 26.1 Å². The summed E-state index contributed by atoms with van der Waals surface area (Å²) in [5, 5.41) is -1.07. The van der Waals surface area contributed by atoms with Gasteiger partial charge in [-0.15, -0.1) is 0 Å². The Morgan fingerprint density at radius 2 is 1.70 bits per heavy atom. The van der Waals surface area contributed by atoms with Crippen LogP contribution in [0.25, 0.3) is 0 Å². The molecule has 23 heavy (non-hydrogen) atoms. The van der Waals surface area contributed by atoms with Gasteiger partial charge in [-0.2, -0.15) is 21.6 Å². The number of hydrogen-bond acceptors (Lipinski definition) is 2. The molecule has 7 heteroatoms. The SMILES string of the molecule is CCCCCCCC1(CC)CC(C(F)(F)F)CCC1S(=O)(=O)O. The maximum Gasteiger partial charge on any atom is 0.391 e. The summed E-state index contributed by atoms with van der Waals surface area (Å²) in [5.74, 6) is -1.46. The van der Waals surface area contributed by atoms with Crippen molar-refractivity contribution in [1.29, 1.82) is 0 Å². The zero-order valence-corrected chi connectivity index (χ0v) is 14.8. The molecule has 0 aliphatic heterocycles. The molecule has 0 heterocycles. The van der Waals surface area contributed by atoms with Gasteiger partial charge in [-0.3, -0.25) is 4.55 Å². The molecule has 1 fully saturated rings. The topological polar surface area (TPSA) is 54.4 Å². The molecule has 1 aliphatic rings. The Balaban J connectivity index is 2.91. The van der Waals surface area contributed by atoms with E-state index in [0.29, 0.717) is 19.3 Å². The van der Waals surface area contributed by atoms with E-state index in [1.807, 2.05) is 0 Å². The molecule has 3 unspecified atom stereocenters. The van der Waals surface area contributed by atoms with E-state index in [1.54, 1.807) is 6.92 Å². The van der Waals surface area contributed by atoms with Crippen molar-refractivity contribution < 1.29 is 26.1 Å². The van der Waals surface area contributed by atoms with E-state index in [4.69, 9.17) is 0 Å². The van der Waals surface area contributed by atoms with Crippen LogP contribution in [0.2, 0.25) is 0 Å². The van der Waals surface area contributed by atoms with Gasteiger partial charge in [0, 0.05) is 0 Å². The summed E-state index contributed by atoms with van der Waals surface area (Å²) in [4.78, 5) is 0. The van der Waals surface area contributed by atoms with Gasteiger partial charge in [0.25, 0.3) is 10.1 Å². The summed E-state index contributed by atoms with van der Waals surface area (Å²) >= 11 is 0. The summed E-state index contributed by atoms with van der Waals surface area (Å²) in [6.07, 6.45) is 0.733. The molecule has 0 aromatic heterocycles. The predicted molar refractivity (Wildman–Crippen MR) is 84.8 cm³/mol. The highest BCUT2D eigenvalue weighted by Gasteiger charge is 2.54. The van der Waals surface area contributed by atoms with E-state index < -0.39 is 32.9 Å². The fraction of sp³-hybridized carbons (Fsp3) is 1.00. The van der Waals surface area contributed by atoms with E-state index in [0.717, 1.165) is 25.7 Å². The van der Waals surface area contributed by atoms with Gasteiger partial charge in [0.2, 0.25) is 0 Å². The van der Waals surface area contributed by atoms with E-state index in [-0.39, 0.29) is 19.3 Å². The molecular weight excluding hydrogens is 329 g/mol. The Hall–Kier alpha value is -0.300. The van der Waals surface area contributed by atoms with Crippen molar-refractivity contribution in [2.75, 3.05) is 0 Å². The Bertz CT molecular complexity index is 462. The number of unbranched alkanes of at least 4 members (excludes halogenated alkanes) is 4. The maximum absolute atomic E-state index is 13.1. The summed E-state index contributed by atoms with van der Waals surface area (Å²) in [6.45, 7) is 3.82. The molecule has 1 N–H and O–H groups in total. The molecule has 3 nitrogen and oxygen atoms in total. The number of halogens is 3. The van der Waals surface area contributed by atoms with Crippen LogP contribution in [0.1, 0.15) is 78.1 Å². The van der Waals surface area contributed by atoms with Crippen molar-refractivity contribution in [2.45, 2.75) is 89.5 Å². The lowest BCUT2D eigenvalue weighted by atomic mass is 9.65. The van der Waals surface area contributed by atoms with Gasteiger partial charge in [-0.25, -0.2) is 0 Å². The molecule has 0 saturated heterocycles. The summed E-state index contributed by atoms with van der Waals surface area (Å²) in [5.41, 5.74) is -0.960. The van der Waals surface area contributed by atoms with Crippen molar-refractivity contribution in [3.63, 3.8) is 0 Å². The van der Waals surface area contributed by atoms with Crippen LogP contribution in [0.4, 0.5) is 13.2 Å². The van der Waals surface area contributed by atoms with Gasteiger partial charge in [0.1, 0.15) is 0 Å². The van der Waals surface area contributed by atoms with E-state index in [2.05, 4.69) is 6.92 Å². The quantitative estimate of drug-likeness (QED) is 0.469. The van der Waals surface area contributed by atoms with Gasteiger partial charge in [0.05, 0.1) is 11.2 Å². The smallest absolute Gasteiger partial charge is 0.285 e. The van der Waals surface area contributed by atoms with Crippen LogP contribution in [0, 0.1) is 11.3 Å². The fourth-order valence-electron chi connectivity index (χ4n) is 4.02. The lowest BCUT2D eigenvalue weighted by molar-refractivity contribution is -0.192. The zero-order chi connectivity index (χ0) is 17.7. The number of alkyl halides is 3. The third kappa shape index (κ3) is 5.62. The molecule has 1 aliphatic carbocycles. The highest BCUT2D eigenvalue weighted by atomic mass is 32.2. The van der Waals surface area contributed by atoms with Crippen LogP contribution in [-0.2, 0) is 10.1 Å². The first-order chi connectivity index (χ1) is 10.6. The summed E-state index contributed by atoms with van der Waals surface area (Å²) in [6, 6.07) is 0. The number of hydrogen-bond donors (Lipinski definition) is 1. The Kier molecular flexibility index (Phi) is 7.38. The molecule has 138 valence electrons. The maximum atomic E-state index is 13.1. The molecule has 1 saturated carbocycles. The summed E-state index contributed by atoms with van der Waals surface area (Å²) in [7, 11) is -4.33.